The quantitative estimate of drug-likeness (QED) is 0.661. The Bertz CT molecular complexity index is 1080. The van der Waals surface area contributed by atoms with Crippen LogP contribution in [0, 0.1) is 0 Å². The van der Waals surface area contributed by atoms with Crippen molar-refractivity contribution in [3.05, 3.63) is 78.0 Å². The topological polar surface area (TPSA) is 54.4 Å². The van der Waals surface area contributed by atoms with E-state index in [2.05, 4.69) is 15.3 Å². The van der Waals surface area contributed by atoms with Crippen molar-refractivity contribution in [3.63, 3.8) is 0 Å². The zero-order valence-electron chi connectivity index (χ0n) is 14.5. The first-order valence-electron chi connectivity index (χ1n) is 8.51. The van der Waals surface area contributed by atoms with Gasteiger partial charge in [-0.05, 0) is 42.0 Å². The first kappa shape index (κ1) is 17.9. The molecular weight excluding hydrogens is 367 g/mol. The molecule has 1 aliphatic rings. The number of halogens is 3. The lowest BCUT2D eigenvalue weighted by Crippen LogP contribution is -2.15. The molecule has 3 aromatic rings. The maximum atomic E-state index is 12.9. The molecule has 0 saturated carbocycles. The average molecular weight is 381 g/mol. The molecule has 0 bridgehead atoms. The van der Waals surface area contributed by atoms with E-state index in [1.54, 1.807) is 6.20 Å². The van der Waals surface area contributed by atoms with Gasteiger partial charge in [-0.3, -0.25) is 14.8 Å². The van der Waals surface area contributed by atoms with Crippen LogP contribution in [-0.2, 0) is 11.0 Å². The average Bonchev–Trinajstić information content (AvgIpc) is 2.85. The van der Waals surface area contributed by atoms with Crippen molar-refractivity contribution in [2.24, 2.45) is 4.99 Å². The molecule has 7 heteroatoms. The Morgan fingerprint density at radius 3 is 2.50 bits per heavy atom. The Morgan fingerprint density at radius 1 is 0.929 bits per heavy atom. The molecule has 4 rings (SSSR count). The molecule has 0 saturated heterocycles. The van der Waals surface area contributed by atoms with E-state index in [1.807, 2.05) is 42.5 Å². The highest BCUT2D eigenvalue weighted by atomic mass is 19.4. The summed E-state index contributed by atoms with van der Waals surface area (Å²) in [5.41, 5.74) is 2.34. The molecule has 1 aromatic heterocycles. The van der Waals surface area contributed by atoms with E-state index in [1.165, 1.54) is 6.07 Å². The Hall–Kier alpha value is -3.48. The van der Waals surface area contributed by atoms with Gasteiger partial charge < -0.3 is 5.32 Å². The van der Waals surface area contributed by atoms with E-state index in [0.29, 0.717) is 11.3 Å². The van der Waals surface area contributed by atoms with Crippen molar-refractivity contribution in [3.8, 4) is 11.3 Å². The van der Waals surface area contributed by atoms with Gasteiger partial charge >= 0.3 is 6.18 Å². The minimum atomic E-state index is -4.49. The molecule has 0 radical (unpaired) electrons. The Labute approximate surface area is 158 Å². The molecule has 140 valence electrons. The lowest BCUT2D eigenvalue weighted by molar-refractivity contribution is -0.137. The number of hydrogen-bond donors (Lipinski definition) is 1. The third-order valence-corrected chi connectivity index (χ3v) is 4.34. The number of aromatic nitrogens is 1. The third-order valence-electron chi connectivity index (χ3n) is 4.34. The number of aliphatic imine (C=N–C) groups is 1. The standard InChI is InChI=1S/C21H14F3N3O/c22-21(23,24)15-7-8-17-19(11-15)27-20(28)12-18(26-17)14-5-3-4-13(10-14)16-6-1-2-9-25-16/h1-11H,12H2,(H,27,28). The Balaban J connectivity index is 1.76. The number of carbonyl (C=O) groups excluding carboxylic acids is 1. The van der Waals surface area contributed by atoms with Crippen LogP contribution in [0.3, 0.4) is 0 Å². The van der Waals surface area contributed by atoms with Gasteiger partial charge in [0.1, 0.15) is 0 Å². The number of benzene rings is 2. The lowest BCUT2D eigenvalue weighted by atomic mass is 10.0. The number of fused-ring (bicyclic) bond motifs is 1. The summed E-state index contributed by atoms with van der Waals surface area (Å²) in [6, 6.07) is 16.1. The van der Waals surface area contributed by atoms with Crippen molar-refractivity contribution in [1.82, 2.24) is 4.98 Å². The monoisotopic (exact) mass is 381 g/mol. The predicted molar refractivity (Wildman–Crippen MR) is 101 cm³/mol. The van der Waals surface area contributed by atoms with Crippen LogP contribution < -0.4 is 5.32 Å². The van der Waals surface area contributed by atoms with Crippen molar-refractivity contribution in [2.45, 2.75) is 12.6 Å². The van der Waals surface area contributed by atoms with Crippen molar-refractivity contribution >= 4 is 23.0 Å². The zero-order chi connectivity index (χ0) is 19.7. The van der Waals surface area contributed by atoms with Crippen molar-refractivity contribution < 1.29 is 18.0 Å². The molecule has 0 unspecified atom stereocenters. The van der Waals surface area contributed by atoms with Gasteiger partial charge in [-0.2, -0.15) is 13.2 Å². The number of rotatable bonds is 2. The maximum Gasteiger partial charge on any atom is 0.416 e. The number of carbonyl (C=O) groups is 1. The second-order valence-electron chi connectivity index (χ2n) is 6.31. The maximum absolute atomic E-state index is 12.9. The second kappa shape index (κ2) is 6.92. The van der Waals surface area contributed by atoms with Crippen LogP contribution in [0.2, 0.25) is 0 Å². The van der Waals surface area contributed by atoms with E-state index >= 15 is 0 Å². The molecule has 0 atom stereocenters. The summed E-state index contributed by atoms with van der Waals surface area (Å²) < 4.78 is 38.8. The SMILES string of the molecule is O=C1CC(c2cccc(-c3ccccn3)c2)=Nc2ccc(C(F)(F)F)cc2N1. The molecule has 1 N–H and O–H groups in total. The summed E-state index contributed by atoms with van der Waals surface area (Å²) in [5.74, 6) is -0.417. The van der Waals surface area contributed by atoms with Crippen LogP contribution in [0.4, 0.5) is 24.5 Å². The summed E-state index contributed by atoms with van der Waals surface area (Å²) >= 11 is 0. The van der Waals surface area contributed by atoms with Gasteiger partial charge in [-0.1, -0.05) is 24.3 Å². The number of amides is 1. The van der Waals surface area contributed by atoms with Gasteiger partial charge in [0.05, 0.1) is 34.8 Å². The molecule has 0 fully saturated rings. The highest BCUT2D eigenvalue weighted by Gasteiger charge is 2.31. The number of nitrogens with zero attached hydrogens (tertiary/aromatic N) is 2. The van der Waals surface area contributed by atoms with Gasteiger partial charge in [0, 0.05) is 11.8 Å². The first-order chi connectivity index (χ1) is 13.4. The molecule has 1 aliphatic heterocycles. The molecule has 2 aromatic carbocycles. The number of alkyl halides is 3. The van der Waals surface area contributed by atoms with E-state index in [4.69, 9.17) is 0 Å². The fourth-order valence-electron chi connectivity index (χ4n) is 3.00. The molecule has 1 amide bonds. The number of anilines is 1. The van der Waals surface area contributed by atoms with Crippen LogP contribution in [0.25, 0.3) is 11.3 Å². The normalized spacial score (nSPS) is 14.0. The third kappa shape index (κ3) is 3.64. The molecule has 0 aliphatic carbocycles. The van der Waals surface area contributed by atoms with Crippen molar-refractivity contribution in [2.75, 3.05) is 5.32 Å². The van der Waals surface area contributed by atoms with Gasteiger partial charge in [0.2, 0.25) is 5.91 Å². The minimum absolute atomic E-state index is 0.0400. The second-order valence-corrected chi connectivity index (χ2v) is 6.31. The van der Waals surface area contributed by atoms with Crippen LogP contribution >= 0.6 is 0 Å². The summed E-state index contributed by atoms with van der Waals surface area (Å²) in [4.78, 5) is 21.0. The van der Waals surface area contributed by atoms with Gasteiger partial charge in [-0.25, -0.2) is 0 Å². The van der Waals surface area contributed by atoms with Crippen LogP contribution in [0.1, 0.15) is 17.5 Å². The zero-order valence-corrected chi connectivity index (χ0v) is 14.5. The van der Waals surface area contributed by atoms with E-state index in [-0.39, 0.29) is 17.8 Å². The summed E-state index contributed by atoms with van der Waals surface area (Å²) in [6.07, 6.45) is -2.84. The first-order valence-corrected chi connectivity index (χ1v) is 8.51. The van der Waals surface area contributed by atoms with E-state index in [9.17, 15) is 18.0 Å². The van der Waals surface area contributed by atoms with Crippen LogP contribution in [-0.4, -0.2) is 16.6 Å². The lowest BCUT2D eigenvalue weighted by Gasteiger charge is -2.10. The Kier molecular flexibility index (Phi) is 4.43. The molecule has 4 nitrogen and oxygen atoms in total. The molecular formula is C21H14F3N3O. The van der Waals surface area contributed by atoms with Crippen LogP contribution in [0.5, 0.6) is 0 Å². The summed E-state index contributed by atoms with van der Waals surface area (Å²) in [7, 11) is 0. The van der Waals surface area contributed by atoms with Gasteiger partial charge in [0.25, 0.3) is 0 Å². The van der Waals surface area contributed by atoms with Gasteiger partial charge in [0.15, 0.2) is 0 Å². The minimum Gasteiger partial charge on any atom is -0.324 e. The number of nitrogens with one attached hydrogen (secondary N) is 1. The summed E-state index contributed by atoms with van der Waals surface area (Å²) in [5, 5.41) is 2.52. The fourth-order valence-corrected chi connectivity index (χ4v) is 3.00. The fraction of sp³-hybridized carbons (Fsp3) is 0.0952. The van der Waals surface area contributed by atoms with E-state index in [0.717, 1.165) is 23.4 Å². The predicted octanol–water partition coefficient (Wildman–Crippen LogP) is 5.23. The number of pyridine rings is 1. The van der Waals surface area contributed by atoms with Crippen molar-refractivity contribution in [1.29, 1.82) is 0 Å². The smallest absolute Gasteiger partial charge is 0.324 e. The molecule has 2 heterocycles. The Morgan fingerprint density at radius 2 is 1.75 bits per heavy atom. The van der Waals surface area contributed by atoms with Crippen LogP contribution in [0.15, 0.2) is 71.9 Å². The highest BCUT2D eigenvalue weighted by molar-refractivity contribution is 6.17. The van der Waals surface area contributed by atoms with E-state index < -0.39 is 17.6 Å². The summed E-state index contributed by atoms with van der Waals surface area (Å²) in [6.45, 7) is 0. The number of hydrogen-bond acceptors (Lipinski definition) is 3. The highest BCUT2D eigenvalue weighted by Crippen LogP contribution is 2.36. The molecule has 0 spiro atoms. The molecule has 28 heavy (non-hydrogen) atoms. The van der Waals surface area contributed by atoms with Gasteiger partial charge in [-0.15, -0.1) is 0 Å². The largest absolute Gasteiger partial charge is 0.416 e.